The van der Waals surface area contributed by atoms with E-state index < -0.39 is 10.0 Å². The summed E-state index contributed by atoms with van der Waals surface area (Å²) < 4.78 is 33.2. The number of hydrogen-bond donors (Lipinski definition) is 2. The molecule has 1 spiro atoms. The maximum absolute atomic E-state index is 12.3. The van der Waals surface area contributed by atoms with Crippen LogP contribution in [0.15, 0.2) is 35.2 Å². The second kappa shape index (κ2) is 5.44. The van der Waals surface area contributed by atoms with Crippen LogP contribution in [0.1, 0.15) is 19.3 Å². The van der Waals surface area contributed by atoms with Crippen LogP contribution in [-0.2, 0) is 14.8 Å². The minimum absolute atomic E-state index is 0.127. The fourth-order valence-corrected chi connectivity index (χ4v) is 4.28. The number of sulfonamides is 1. The van der Waals surface area contributed by atoms with Crippen molar-refractivity contribution in [3.63, 3.8) is 0 Å². The number of ether oxygens (including phenoxy) is 1. The van der Waals surface area contributed by atoms with Crippen LogP contribution >= 0.6 is 0 Å². The maximum atomic E-state index is 12.3. The summed E-state index contributed by atoms with van der Waals surface area (Å²) in [5.74, 6) is 0. The van der Waals surface area contributed by atoms with Crippen LogP contribution < -0.4 is 10.0 Å². The summed E-state index contributed by atoms with van der Waals surface area (Å²) in [6.45, 7) is 2.35. The molecule has 20 heavy (non-hydrogen) atoms. The van der Waals surface area contributed by atoms with Crippen LogP contribution in [0.5, 0.6) is 0 Å². The van der Waals surface area contributed by atoms with E-state index in [0.29, 0.717) is 11.5 Å². The highest BCUT2D eigenvalue weighted by Gasteiger charge is 2.42. The molecule has 2 aliphatic rings. The fourth-order valence-electron chi connectivity index (χ4n) is 3.04. The van der Waals surface area contributed by atoms with Crippen LogP contribution in [0, 0.1) is 0 Å². The predicted octanol–water partition coefficient (Wildman–Crippen LogP) is 0.876. The van der Waals surface area contributed by atoms with Crippen molar-refractivity contribution in [3.05, 3.63) is 30.3 Å². The van der Waals surface area contributed by atoms with Gasteiger partial charge >= 0.3 is 0 Å². The average Bonchev–Trinajstić information content (AvgIpc) is 2.82. The van der Waals surface area contributed by atoms with E-state index in [2.05, 4.69) is 10.0 Å². The van der Waals surface area contributed by atoms with Crippen LogP contribution in [-0.4, -0.2) is 39.8 Å². The topological polar surface area (TPSA) is 67.4 Å². The quantitative estimate of drug-likeness (QED) is 0.869. The molecule has 0 aromatic heterocycles. The molecule has 6 heteroatoms. The van der Waals surface area contributed by atoms with Crippen molar-refractivity contribution in [2.24, 2.45) is 0 Å². The van der Waals surface area contributed by atoms with Crippen LogP contribution in [0.2, 0.25) is 0 Å². The number of nitrogens with one attached hydrogen (secondary N) is 2. The SMILES string of the molecule is O=S(=O)(N[C@H]1COC2(CCNCC2)C1)c1ccccc1. The van der Waals surface area contributed by atoms with Gasteiger partial charge in [-0.25, -0.2) is 13.1 Å². The molecular formula is C14H20N2O3S. The van der Waals surface area contributed by atoms with E-state index >= 15 is 0 Å². The van der Waals surface area contributed by atoms with E-state index in [1.54, 1.807) is 24.3 Å². The molecule has 1 aromatic rings. The molecule has 0 saturated carbocycles. The first-order chi connectivity index (χ1) is 9.60. The Balaban J connectivity index is 1.67. The van der Waals surface area contributed by atoms with Gasteiger partial charge in [-0.3, -0.25) is 0 Å². The molecule has 2 heterocycles. The van der Waals surface area contributed by atoms with E-state index in [1.807, 2.05) is 6.07 Å². The molecule has 2 N–H and O–H groups in total. The van der Waals surface area contributed by atoms with Gasteiger partial charge in [0.1, 0.15) is 0 Å². The van der Waals surface area contributed by atoms with E-state index in [4.69, 9.17) is 4.74 Å². The van der Waals surface area contributed by atoms with Gasteiger partial charge in [0.15, 0.2) is 0 Å². The van der Waals surface area contributed by atoms with Crippen LogP contribution in [0.25, 0.3) is 0 Å². The third-order valence-electron chi connectivity index (χ3n) is 4.10. The third-order valence-corrected chi connectivity index (χ3v) is 5.64. The lowest BCUT2D eigenvalue weighted by atomic mass is 9.88. The molecule has 1 atom stereocenters. The minimum atomic E-state index is -3.44. The van der Waals surface area contributed by atoms with Gasteiger partial charge in [0.05, 0.1) is 17.1 Å². The van der Waals surface area contributed by atoms with Gasteiger partial charge in [0, 0.05) is 6.04 Å². The van der Waals surface area contributed by atoms with Crippen molar-refractivity contribution in [1.29, 1.82) is 0 Å². The smallest absolute Gasteiger partial charge is 0.240 e. The summed E-state index contributed by atoms with van der Waals surface area (Å²) >= 11 is 0. The summed E-state index contributed by atoms with van der Waals surface area (Å²) in [6.07, 6.45) is 2.67. The highest BCUT2D eigenvalue weighted by Crippen LogP contribution is 2.34. The normalized spacial score (nSPS) is 25.9. The number of piperidine rings is 1. The summed E-state index contributed by atoms with van der Waals surface area (Å²) in [5.41, 5.74) is -0.130. The van der Waals surface area contributed by atoms with Gasteiger partial charge in [-0.05, 0) is 44.5 Å². The lowest BCUT2D eigenvalue weighted by Crippen LogP contribution is -2.42. The Morgan fingerprint density at radius 3 is 2.60 bits per heavy atom. The zero-order valence-corrected chi connectivity index (χ0v) is 12.2. The Hall–Kier alpha value is -0.950. The van der Waals surface area contributed by atoms with Crippen molar-refractivity contribution in [2.45, 2.75) is 35.8 Å². The highest BCUT2D eigenvalue weighted by atomic mass is 32.2. The molecule has 0 bridgehead atoms. The Labute approximate surface area is 119 Å². The molecule has 2 saturated heterocycles. The Kier molecular flexibility index (Phi) is 3.81. The molecule has 3 rings (SSSR count). The molecule has 5 nitrogen and oxygen atoms in total. The third kappa shape index (κ3) is 2.88. The van der Waals surface area contributed by atoms with E-state index in [9.17, 15) is 8.42 Å². The second-order valence-corrected chi connectivity index (χ2v) is 7.29. The standard InChI is InChI=1S/C14H20N2O3S/c17-20(18,13-4-2-1-3-5-13)16-12-10-14(19-11-12)6-8-15-9-7-14/h1-5,12,15-16H,6-11H2/t12-/m1/s1. The van der Waals surface area contributed by atoms with E-state index in [1.165, 1.54) is 0 Å². The van der Waals surface area contributed by atoms with Crippen molar-refractivity contribution in [2.75, 3.05) is 19.7 Å². The molecule has 0 radical (unpaired) electrons. The molecule has 2 aliphatic heterocycles. The van der Waals surface area contributed by atoms with Crippen molar-refractivity contribution in [1.82, 2.24) is 10.0 Å². The first kappa shape index (κ1) is 14.0. The van der Waals surface area contributed by atoms with E-state index in [0.717, 1.165) is 32.4 Å². The summed E-state index contributed by atoms with van der Waals surface area (Å²) in [4.78, 5) is 0.311. The lowest BCUT2D eigenvalue weighted by molar-refractivity contribution is -0.0193. The molecule has 110 valence electrons. The predicted molar refractivity (Wildman–Crippen MR) is 76.0 cm³/mol. The monoisotopic (exact) mass is 296 g/mol. The zero-order valence-electron chi connectivity index (χ0n) is 11.3. The van der Waals surface area contributed by atoms with Gasteiger partial charge in [0.2, 0.25) is 10.0 Å². The summed E-state index contributed by atoms with van der Waals surface area (Å²) in [5, 5.41) is 3.31. The Morgan fingerprint density at radius 1 is 1.20 bits per heavy atom. The lowest BCUT2D eigenvalue weighted by Gasteiger charge is -2.32. The van der Waals surface area contributed by atoms with Gasteiger partial charge in [0.25, 0.3) is 0 Å². The molecule has 0 unspecified atom stereocenters. The first-order valence-corrected chi connectivity index (χ1v) is 8.50. The first-order valence-electron chi connectivity index (χ1n) is 7.02. The van der Waals surface area contributed by atoms with Crippen molar-refractivity contribution >= 4 is 10.0 Å². The second-order valence-electron chi connectivity index (χ2n) is 5.58. The highest BCUT2D eigenvalue weighted by molar-refractivity contribution is 7.89. The Morgan fingerprint density at radius 2 is 1.90 bits per heavy atom. The zero-order chi connectivity index (χ0) is 14.1. The van der Waals surface area contributed by atoms with Gasteiger partial charge < -0.3 is 10.1 Å². The molecule has 1 aromatic carbocycles. The minimum Gasteiger partial charge on any atom is -0.373 e. The maximum Gasteiger partial charge on any atom is 0.240 e. The molecular weight excluding hydrogens is 276 g/mol. The number of rotatable bonds is 3. The summed E-state index contributed by atoms with van der Waals surface area (Å²) in [6, 6.07) is 8.36. The van der Waals surface area contributed by atoms with Crippen LogP contribution in [0.4, 0.5) is 0 Å². The van der Waals surface area contributed by atoms with Crippen LogP contribution in [0.3, 0.4) is 0 Å². The van der Waals surface area contributed by atoms with E-state index in [-0.39, 0.29) is 11.6 Å². The number of hydrogen-bond acceptors (Lipinski definition) is 4. The average molecular weight is 296 g/mol. The van der Waals surface area contributed by atoms with Gasteiger partial charge in [-0.1, -0.05) is 18.2 Å². The van der Waals surface area contributed by atoms with Gasteiger partial charge in [-0.2, -0.15) is 0 Å². The largest absolute Gasteiger partial charge is 0.373 e. The Bertz CT molecular complexity index is 553. The number of benzene rings is 1. The molecule has 0 amide bonds. The fraction of sp³-hybridized carbons (Fsp3) is 0.571. The van der Waals surface area contributed by atoms with Crippen molar-refractivity contribution in [3.8, 4) is 0 Å². The summed E-state index contributed by atoms with van der Waals surface area (Å²) in [7, 11) is -3.44. The molecule has 0 aliphatic carbocycles. The van der Waals surface area contributed by atoms with Crippen molar-refractivity contribution < 1.29 is 13.2 Å². The molecule has 2 fully saturated rings. The van der Waals surface area contributed by atoms with Gasteiger partial charge in [-0.15, -0.1) is 0 Å².